The average Bonchev–Trinajstić information content (AvgIpc) is 2.91. The van der Waals surface area contributed by atoms with Crippen LogP contribution in [0.4, 0.5) is 0 Å². The predicted molar refractivity (Wildman–Crippen MR) is 140 cm³/mol. The van der Waals surface area contributed by atoms with Crippen molar-refractivity contribution in [3.63, 3.8) is 0 Å². The lowest BCUT2D eigenvalue weighted by Gasteiger charge is -2.52. The second-order valence-electron chi connectivity index (χ2n) is 10.7. The minimum Gasteiger partial charge on any atom is -0.496 e. The van der Waals surface area contributed by atoms with Crippen LogP contribution in [0.2, 0.25) is 0 Å². The summed E-state index contributed by atoms with van der Waals surface area (Å²) in [5.74, 6) is 2.56. The summed E-state index contributed by atoms with van der Waals surface area (Å²) < 4.78 is 17.0. The van der Waals surface area contributed by atoms with Crippen LogP contribution >= 0.6 is 0 Å². The summed E-state index contributed by atoms with van der Waals surface area (Å²) in [6.45, 7) is 7.82. The number of amides is 2. The highest BCUT2D eigenvalue weighted by Gasteiger charge is 2.53. The van der Waals surface area contributed by atoms with Gasteiger partial charge in [0.1, 0.15) is 30.5 Å². The second kappa shape index (κ2) is 10.6. The molecular formula is C29H37N3O5. The molecule has 8 nitrogen and oxygen atoms in total. The van der Waals surface area contributed by atoms with Gasteiger partial charge in [0.15, 0.2) is 11.5 Å². The van der Waals surface area contributed by atoms with E-state index in [1.54, 1.807) is 7.11 Å². The number of nitrogens with one attached hydrogen (secondary N) is 1. The number of piperidine rings is 1. The maximum absolute atomic E-state index is 13.8. The first-order valence-electron chi connectivity index (χ1n) is 13.2. The summed E-state index contributed by atoms with van der Waals surface area (Å²) >= 11 is 0. The van der Waals surface area contributed by atoms with Crippen LogP contribution < -0.4 is 19.5 Å². The Hall–Kier alpha value is -3.26. The van der Waals surface area contributed by atoms with Gasteiger partial charge in [-0.3, -0.25) is 14.5 Å². The third-order valence-electron chi connectivity index (χ3n) is 7.73. The number of carbonyl (C=O) groups excluding carboxylic acids is 2. The molecule has 3 heterocycles. The molecule has 0 aliphatic carbocycles. The SMILES string of the molecule is COc1ccccc1CN1C(=O)C(CC(C)C)NC(=O)C12CCN(Cc1ccc3c(c1)OCCO3)CC2. The first-order valence-corrected chi connectivity index (χ1v) is 13.2. The average molecular weight is 508 g/mol. The third kappa shape index (κ3) is 5.12. The number of fused-ring (bicyclic) bond motifs is 1. The van der Waals surface area contributed by atoms with Crippen LogP contribution in [-0.2, 0) is 22.7 Å². The van der Waals surface area contributed by atoms with Gasteiger partial charge >= 0.3 is 0 Å². The van der Waals surface area contributed by atoms with Gasteiger partial charge in [-0.25, -0.2) is 0 Å². The van der Waals surface area contributed by atoms with Crippen molar-refractivity contribution >= 4 is 11.8 Å². The van der Waals surface area contributed by atoms with Crippen LogP contribution in [0.15, 0.2) is 42.5 Å². The molecule has 1 atom stereocenters. The molecule has 0 aromatic heterocycles. The van der Waals surface area contributed by atoms with E-state index in [2.05, 4.69) is 30.1 Å². The summed E-state index contributed by atoms with van der Waals surface area (Å²) in [5, 5.41) is 3.09. The predicted octanol–water partition coefficient (Wildman–Crippen LogP) is 3.37. The Kier molecular flexibility index (Phi) is 7.29. The first-order chi connectivity index (χ1) is 17.9. The number of methoxy groups -OCH3 is 1. The van der Waals surface area contributed by atoms with Crippen LogP contribution in [0.25, 0.3) is 0 Å². The fourth-order valence-electron chi connectivity index (χ4n) is 5.76. The lowest BCUT2D eigenvalue weighted by atomic mass is 9.80. The Balaban J connectivity index is 1.35. The molecule has 2 aromatic rings. The van der Waals surface area contributed by atoms with Crippen molar-refractivity contribution in [3.05, 3.63) is 53.6 Å². The van der Waals surface area contributed by atoms with E-state index in [1.807, 2.05) is 41.3 Å². The Labute approximate surface area is 218 Å². The third-order valence-corrected chi connectivity index (χ3v) is 7.73. The molecule has 3 aliphatic heterocycles. The highest BCUT2D eigenvalue weighted by Crippen LogP contribution is 2.37. The molecule has 2 amide bonds. The van der Waals surface area contributed by atoms with Crippen molar-refractivity contribution in [2.24, 2.45) is 5.92 Å². The molecule has 2 saturated heterocycles. The molecule has 198 valence electrons. The van der Waals surface area contributed by atoms with Crippen LogP contribution in [0.1, 0.15) is 44.2 Å². The number of likely N-dealkylation sites (tertiary alicyclic amines) is 1. The van der Waals surface area contributed by atoms with Crippen molar-refractivity contribution in [1.29, 1.82) is 0 Å². The lowest BCUT2D eigenvalue weighted by Crippen LogP contribution is -2.72. The summed E-state index contributed by atoms with van der Waals surface area (Å²) in [4.78, 5) is 31.7. The highest BCUT2D eigenvalue weighted by molar-refractivity contribution is 6.00. The molecule has 0 saturated carbocycles. The van der Waals surface area contributed by atoms with Crippen LogP contribution in [0.5, 0.6) is 17.2 Å². The molecule has 37 heavy (non-hydrogen) atoms. The Morgan fingerprint density at radius 2 is 1.76 bits per heavy atom. The van der Waals surface area contributed by atoms with Crippen molar-refractivity contribution < 1.29 is 23.8 Å². The van der Waals surface area contributed by atoms with Gasteiger partial charge in [0.05, 0.1) is 13.7 Å². The largest absolute Gasteiger partial charge is 0.496 e. The van der Waals surface area contributed by atoms with Crippen molar-refractivity contribution in [2.75, 3.05) is 33.4 Å². The fraction of sp³-hybridized carbons (Fsp3) is 0.517. The minimum absolute atomic E-state index is 0.000470. The Morgan fingerprint density at radius 3 is 2.49 bits per heavy atom. The molecule has 1 unspecified atom stereocenters. The fourth-order valence-corrected chi connectivity index (χ4v) is 5.76. The monoisotopic (exact) mass is 507 g/mol. The number of benzene rings is 2. The van der Waals surface area contributed by atoms with Gasteiger partial charge in [0.2, 0.25) is 11.8 Å². The molecule has 0 bridgehead atoms. The highest BCUT2D eigenvalue weighted by atomic mass is 16.6. The summed E-state index contributed by atoms with van der Waals surface area (Å²) in [6.07, 6.45) is 1.79. The van der Waals surface area contributed by atoms with E-state index < -0.39 is 11.6 Å². The smallest absolute Gasteiger partial charge is 0.246 e. The molecule has 1 N–H and O–H groups in total. The molecule has 0 radical (unpaired) electrons. The van der Waals surface area contributed by atoms with Gasteiger partial charge in [-0.15, -0.1) is 0 Å². The quantitative estimate of drug-likeness (QED) is 0.619. The molecule has 3 aliphatic rings. The lowest BCUT2D eigenvalue weighted by molar-refractivity contribution is -0.162. The maximum Gasteiger partial charge on any atom is 0.246 e. The number of carbonyl (C=O) groups is 2. The second-order valence-corrected chi connectivity index (χ2v) is 10.7. The van der Waals surface area contributed by atoms with Gasteiger partial charge < -0.3 is 24.4 Å². The topological polar surface area (TPSA) is 80.3 Å². The van der Waals surface area contributed by atoms with Gasteiger partial charge in [-0.1, -0.05) is 38.1 Å². The zero-order chi connectivity index (χ0) is 26.0. The Morgan fingerprint density at radius 1 is 1.03 bits per heavy atom. The zero-order valence-corrected chi connectivity index (χ0v) is 22.0. The molecule has 1 spiro atoms. The van der Waals surface area contributed by atoms with Crippen molar-refractivity contribution in [3.8, 4) is 17.2 Å². The number of nitrogens with zero attached hydrogens (tertiary/aromatic N) is 2. The van der Waals surface area contributed by atoms with Crippen LogP contribution in [-0.4, -0.2) is 66.6 Å². The van der Waals surface area contributed by atoms with E-state index in [-0.39, 0.29) is 11.8 Å². The van der Waals surface area contributed by atoms with Crippen LogP contribution in [0, 0.1) is 5.92 Å². The van der Waals surface area contributed by atoms with Gasteiger partial charge in [-0.2, -0.15) is 0 Å². The van der Waals surface area contributed by atoms with Gasteiger partial charge in [0, 0.05) is 25.2 Å². The number of hydrogen-bond donors (Lipinski definition) is 1. The Bertz CT molecular complexity index is 1140. The number of piperazine rings is 1. The van der Waals surface area contributed by atoms with E-state index in [1.165, 1.54) is 0 Å². The molecular weight excluding hydrogens is 470 g/mol. The van der Waals surface area contributed by atoms with Gasteiger partial charge in [0.25, 0.3) is 0 Å². The molecule has 5 rings (SSSR count). The maximum atomic E-state index is 13.8. The minimum atomic E-state index is -0.866. The standard InChI is InChI=1S/C29H37N3O5/c1-20(2)16-23-27(33)32(19-22-6-4-5-7-24(22)35-3)29(28(34)30-23)10-12-31(13-11-29)18-21-8-9-25-26(17-21)37-15-14-36-25/h4-9,17,20,23H,10-16,18-19H2,1-3H3,(H,30,34). The van der Waals surface area contributed by atoms with Crippen molar-refractivity contribution in [1.82, 2.24) is 15.1 Å². The van der Waals surface area contributed by atoms with E-state index in [9.17, 15) is 9.59 Å². The molecule has 2 fully saturated rings. The van der Waals surface area contributed by atoms with Crippen LogP contribution in [0.3, 0.4) is 0 Å². The van der Waals surface area contributed by atoms with Crippen molar-refractivity contribution in [2.45, 2.75) is 57.8 Å². The number of ether oxygens (including phenoxy) is 3. The van der Waals surface area contributed by atoms with E-state index >= 15 is 0 Å². The molecule has 8 heteroatoms. The van der Waals surface area contributed by atoms with E-state index in [4.69, 9.17) is 14.2 Å². The summed E-state index contributed by atoms with van der Waals surface area (Å²) in [5.41, 5.74) is 1.19. The van der Waals surface area contributed by atoms with Gasteiger partial charge in [-0.05, 0) is 48.9 Å². The summed E-state index contributed by atoms with van der Waals surface area (Å²) in [6, 6.07) is 13.3. The number of rotatable bonds is 7. The van der Waals surface area contributed by atoms with E-state index in [0.717, 1.165) is 34.9 Å². The number of hydrogen-bond acceptors (Lipinski definition) is 6. The van der Waals surface area contributed by atoms with E-state index in [0.29, 0.717) is 58.0 Å². The normalized spacial score (nSPS) is 21.3. The summed E-state index contributed by atoms with van der Waals surface area (Å²) in [7, 11) is 1.64. The number of para-hydroxylation sites is 1. The molecule has 2 aromatic carbocycles. The first kappa shape index (κ1) is 25.4. The zero-order valence-electron chi connectivity index (χ0n) is 22.0.